The van der Waals surface area contributed by atoms with Crippen molar-refractivity contribution in [1.82, 2.24) is 9.29 Å². The Bertz CT molecular complexity index is 1900. The first-order valence-corrected chi connectivity index (χ1v) is 15.8. The lowest BCUT2D eigenvalue weighted by Gasteiger charge is -2.27. The number of benzene rings is 3. The average molecular weight is 610 g/mol. The van der Waals surface area contributed by atoms with E-state index in [1.807, 2.05) is 24.3 Å². The van der Waals surface area contributed by atoms with Gasteiger partial charge < -0.3 is 10.3 Å². The fraction of sp³-hybridized carbons (Fsp3) is 0.179. The van der Waals surface area contributed by atoms with Gasteiger partial charge in [-0.3, -0.25) is 14.4 Å². The summed E-state index contributed by atoms with van der Waals surface area (Å²) in [5.74, 6) is -1.72. The second-order valence-electron chi connectivity index (χ2n) is 9.76. The fourth-order valence-corrected chi connectivity index (χ4v) is 7.06. The van der Waals surface area contributed by atoms with E-state index >= 15 is 0 Å². The summed E-state index contributed by atoms with van der Waals surface area (Å²) in [5, 5.41) is 8.63. The van der Waals surface area contributed by atoms with Crippen LogP contribution < -0.4 is 15.4 Å². The Morgan fingerprint density at radius 1 is 0.976 bits per heavy atom. The Kier molecular flexibility index (Phi) is 7.72. The summed E-state index contributed by atoms with van der Waals surface area (Å²) in [4.78, 5) is 41.8. The molecule has 218 valence electrons. The molecule has 0 bridgehead atoms. The summed E-state index contributed by atoms with van der Waals surface area (Å²) in [6.45, 7) is 1.22. The zero-order valence-electron chi connectivity index (χ0n) is 22.4. The highest BCUT2D eigenvalue weighted by atomic mass is 32.2. The maximum Gasteiger partial charge on any atom is 0.252 e. The van der Waals surface area contributed by atoms with Crippen molar-refractivity contribution in [2.45, 2.75) is 35.6 Å². The van der Waals surface area contributed by atoms with Crippen molar-refractivity contribution in [3.05, 3.63) is 84.6 Å². The number of imide groups is 1. The molecule has 1 unspecified atom stereocenters. The number of aromatic nitrogens is 1. The van der Waals surface area contributed by atoms with Crippen molar-refractivity contribution in [3.8, 4) is 0 Å². The second kappa shape index (κ2) is 11.1. The molecule has 4 N–H and O–H groups in total. The summed E-state index contributed by atoms with van der Waals surface area (Å²) in [5.41, 5.74) is 2.19. The summed E-state index contributed by atoms with van der Waals surface area (Å²) in [6.07, 6.45) is 1.61. The van der Waals surface area contributed by atoms with Gasteiger partial charge >= 0.3 is 0 Å². The highest BCUT2D eigenvalue weighted by molar-refractivity contribution is 7.89. The lowest BCUT2D eigenvalue weighted by molar-refractivity contribution is -0.122. The van der Waals surface area contributed by atoms with E-state index in [0.29, 0.717) is 5.69 Å². The molecule has 1 aromatic heterocycles. The third-order valence-electron chi connectivity index (χ3n) is 6.95. The molecule has 14 heteroatoms. The summed E-state index contributed by atoms with van der Waals surface area (Å²) >= 11 is 0. The molecule has 42 heavy (non-hydrogen) atoms. The third kappa shape index (κ3) is 5.69. The molecule has 0 aliphatic carbocycles. The SMILES string of the molecule is CC(=O)Nc1ccc(S(=O)(=O)N(CCc2c[nH]c3ccccc23)C2CC(=O)N(c3ccc(S(N)(=O)=O)cc3)C2=O)cc1. The van der Waals surface area contributed by atoms with Gasteiger partial charge in [-0.05, 0) is 66.6 Å². The van der Waals surface area contributed by atoms with E-state index in [4.69, 9.17) is 5.14 Å². The molecule has 5 rings (SSSR count). The minimum atomic E-state index is -4.31. The van der Waals surface area contributed by atoms with Crippen molar-refractivity contribution in [2.24, 2.45) is 5.14 Å². The number of anilines is 2. The number of carbonyl (C=O) groups is 3. The first-order valence-electron chi connectivity index (χ1n) is 12.8. The van der Waals surface area contributed by atoms with Crippen LogP contribution in [0.1, 0.15) is 18.9 Å². The Morgan fingerprint density at radius 2 is 1.62 bits per heavy atom. The minimum absolute atomic E-state index is 0.0912. The fourth-order valence-electron chi connectivity index (χ4n) is 4.96. The molecule has 3 amide bonds. The molecule has 12 nitrogen and oxygen atoms in total. The topological polar surface area (TPSA) is 180 Å². The van der Waals surface area contributed by atoms with E-state index < -0.39 is 44.3 Å². The second-order valence-corrected chi connectivity index (χ2v) is 13.2. The van der Waals surface area contributed by atoms with Gasteiger partial charge in [0, 0.05) is 36.3 Å². The molecule has 1 saturated heterocycles. The predicted molar refractivity (Wildman–Crippen MR) is 155 cm³/mol. The quantitative estimate of drug-likeness (QED) is 0.244. The van der Waals surface area contributed by atoms with Crippen LogP contribution in [0.5, 0.6) is 0 Å². The molecule has 1 aliphatic heterocycles. The number of sulfonamides is 2. The van der Waals surface area contributed by atoms with Gasteiger partial charge in [0.25, 0.3) is 5.91 Å². The number of fused-ring (bicyclic) bond motifs is 1. The van der Waals surface area contributed by atoms with Crippen molar-refractivity contribution in [3.63, 3.8) is 0 Å². The first kappa shape index (κ1) is 29.1. The average Bonchev–Trinajstić information content (AvgIpc) is 3.48. The zero-order valence-corrected chi connectivity index (χ0v) is 24.0. The Balaban J connectivity index is 1.49. The van der Waals surface area contributed by atoms with Crippen molar-refractivity contribution in [1.29, 1.82) is 0 Å². The number of para-hydroxylation sites is 1. The number of aromatic amines is 1. The molecule has 1 atom stereocenters. The van der Waals surface area contributed by atoms with Gasteiger partial charge in [-0.2, -0.15) is 4.31 Å². The number of carbonyl (C=O) groups excluding carboxylic acids is 3. The normalized spacial score (nSPS) is 16.0. The van der Waals surface area contributed by atoms with Gasteiger partial charge in [-0.25, -0.2) is 26.9 Å². The maximum absolute atomic E-state index is 14.0. The molecule has 0 spiro atoms. The molecule has 0 saturated carbocycles. The van der Waals surface area contributed by atoms with Gasteiger partial charge in [-0.1, -0.05) is 18.2 Å². The number of nitrogens with one attached hydrogen (secondary N) is 2. The van der Waals surface area contributed by atoms with Crippen LogP contribution in [0.15, 0.2) is 88.8 Å². The number of hydrogen-bond acceptors (Lipinski definition) is 7. The Morgan fingerprint density at radius 3 is 2.26 bits per heavy atom. The van der Waals surface area contributed by atoms with E-state index in [9.17, 15) is 31.2 Å². The third-order valence-corrected chi connectivity index (χ3v) is 9.80. The molecule has 1 aliphatic rings. The number of hydrogen-bond donors (Lipinski definition) is 3. The van der Waals surface area contributed by atoms with Crippen LogP contribution in [-0.4, -0.2) is 56.4 Å². The minimum Gasteiger partial charge on any atom is -0.361 e. The lowest BCUT2D eigenvalue weighted by atomic mass is 10.1. The van der Waals surface area contributed by atoms with E-state index in [1.54, 1.807) is 6.20 Å². The summed E-state index contributed by atoms with van der Waals surface area (Å²) < 4.78 is 52.3. The summed E-state index contributed by atoms with van der Waals surface area (Å²) in [6, 6.07) is 16.6. The first-order chi connectivity index (χ1) is 19.9. The number of primary sulfonamides is 1. The van der Waals surface area contributed by atoms with Gasteiger partial charge in [0.1, 0.15) is 6.04 Å². The maximum atomic E-state index is 14.0. The number of rotatable bonds is 9. The van der Waals surface area contributed by atoms with Gasteiger partial charge in [0.2, 0.25) is 31.9 Å². The van der Waals surface area contributed by atoms with Crippen LogP contribution in [0.25, 0.3) is 10.9 Å². The summed E-state index contributed by atoms with van der Waals surface area (Å²) in [7, 11) is -8.31. The van der Waals surface area contributed by atoms with Gasteiger partial charge in [0.15, 0.2) is 0 Å². The largest absolute Gasteiger partial charge is 0.361 e. The molecule has 1 fully saturated rings. The number of nitrogens with zero attached hydrogens (tertiary/aromatic N) is 2. The number of nitrogens with two attached hydrogens (primary N) is 1. The monoisotopic (exact) mass is 609 g/mol. The molecule has 0 radical (unpaired) electrons. The molecular formula is C28H27N5O7S2. The zero-order chi connectivity index (χ0) is 30.2. The van der Waals surface area contributed by atoms with Crippen molar-refractivity contribution in [2.75, 3.05) is 16.8 Å². The standard InChI is InChI=1S/C28H27N5O7S2/c1-18(34)31-20-6-10-23(11-7-20)42(39,40)32(15-14-19-17-30-25-5-3-2-4-24(19)25)26-16-27(35)33(28(26)36)21-8-12-22(13-9-21)41(29,37)38/h2-13,17,26,30H,14-16H2,1H3,(H,31,34)(H2,29,37,38). The van der Waals surface area contributed by atoms with Crippen molar-refractivity contribution >= 4 is 60.0 Å². The highest BCUT2D eigenvalue weighted by Gasteiger charge is 2.47. The predicted octanol–water partition coefficient (Wildman–Crippen LogP) is 2.34. The van der Waals surface area contributed by atoms with E-state index in [-0.39, 0.29) is 34.4 Å². The van der Waals surface area contributed by atoms with E-state index in [0.717, 1.165) is 25.7 Å². The van der Waals surface area contributed by atoms with Crippen LogP contribution in [0.3, 0.4) is 0 Å². The molecule has 4 aromatic rings. The number of amides is 3. The smallest absolute Gasteiger partial charge is 0.252 e. The number of H-pyrrole nitrogens is 1. The van der Waals surface area contributed by atoms with Crippen LogP contribution in [0, 0.1) is 0 Å². The van der Waals surface area contributed by atoms with Crippen molar-refractivity contribution < 1.29 is 31.2 Å². The van der Waals surface area contributed by atoms with E-state index in [2.05, 4.69) is 10.3 Å². The molecule has 2 heterocycles. The van der Waals surface area contributed by atoms with Crippen LogP contribution >= 0.6 is 0 Å². The Hall–Kier alpha value is -4.37. The lowest BCUT2D eigenvalue weighted by Crippen LogP contribution is -2.46. The van der Waals surface area contributed by atoms with Crippen LogP contribution in [-0.2, 0) is 40.9 Å². The Labute approximate surface area is 242 Å². The van der Waals surface area contributed by atoms with Gasteiger partial charge in [0.05, 0.1) is 21.9 Å². The highest BCUT2D eigenvalue weighted by Crippen LogP contribution is 2.31. The molecule has 3 aromatic carbocycles. The van der Waals surface area contributed by atoms with E-state index in [1.165, 1.54) is 55.5 Å². The van der Waals surface area contributed by atoms with Crippen LogP contribution in [0.4, 0.5) is 11.4 Å². The van der Waals surface area contributed by atoms with Crippen LogP contribution in [0.2, 0.25) is 0 Å². The van der Waals surface area contributed by atoms with Gasteiger partial charge in [-0.15, -0.1) is 0 Å². The molecular weight excluding hydrogens is 582 g/mol.